The Hall–Kier alpha value is -2.14. The van der Waals surface area contributed by atoms with E-state index in [0.29, 0.717) is 18.5 Å². The van der Waals surface area contributed by atoms with E-state index in [1.807, 2.05) is 24.3 Å². The van der Waals surface area contributed by atoms with Gasteiger partial charge in [-0.25, -0.2) is 4.79 Å². The molecule has 0 aliphatic heterocycles. The largest absolute Gasteiger partial charge is 0.479 e. The number of pyridine rings is 1. The molecule has 1 aromatic heterocycles. The van der Waals surface area contributed by atoms with Gasteiger partial charge in [0.1, 0.15) is 0 Å². The third kappa shape index (κ3) is 3.05. The Morgan fingerprint density at radius 2 is 2.10 bits per heavy atom. The van der Waals surface area contributed by atoms with E-state index in [-0.39, 0.29) is 12.0 Å². The summed E-state index contributed by atoms with van der Waals surface area (Å²) in [5.41, 5.74) is -0.108. The molecule has 0 saturated carbocycles. The number of carboxylic acid groups (broad SMARTS) is 1. The van der Waals surface area contributed by atoms with Crippen molar-refractivity contribution < 1.29 is 14.6 Å². The first-order valence-electron chi connectivity index (χ1n) is 6.56. The molecular weight excluding hydrogens is 258 g/mol. The number of ether oxygens (including phenoxy) is 1. The number of aryl methyl sites for hydroxylation is 1. The van der Waals surface area contributed by atoms with E-state index in [2.05, 4.69) is 0 Å². The molecule has 0 saturated heterocycles. The van der Waals surface area contributed by atoms with E-state index in [1.165, 1.54) is 4.57 Å². The van der Waals surface area contributed by atoms with Crippen molar-refractivity contribution in [3.05, 3.63) is 46.9 Å². The maximum Gasteiger partial charge on any atom is 0.332 e. The number of fused-ring (bicyclic) bond motifs is 1. The van der Waals surface area contributed by atoms with Crippen molar-refractivity contribution in [3.63, 3.8) is 0 Å². The van der Waals surface area contributed by atoms with Crippen molar-refractivity contribution in [2.45, 2.75) is 26.0 Å². The second-order valence-electron chi connectivity index (χ2n) is 4.47. The van der Waals surface area contributed by atoms with E-state index in [4.69, 9.17) is 9.84 Å². The van der Waals surface area contributed by atoms with Crippen molar-refractivity contribution in [1.82, 2.24) is 4.57 Å². The summed E-state index contributed by atoms with van der Waals surface area (Å²) < 4.78 is 6.66. The summed E-state index contributed by atoms with van der Waals surface area (Å²) in [6.07, 6.45) is 1.08. The van der Waals surface area contributed by atoms with Gasteiger partial charge < -0.3 is 14.4 Å². The minimum atomic E-state index is -0.999. The molecule has 0 radical (unpaired) electrons. The summed E-state index contributed by atoms with van der Waals surface area (Å²) in [7, 11) is 0. The van der Waals surface area contributed by atoms with Gasteiger partial charge in [0, 0.05) is 31.2 Å². The Bertz CT molecular complexity index is 662. The zero-order chi connectivity index (χ0) is 14.5. The van der Waals surface area contributed by atoms with Crippen LogP contribution in [0, 0.1) is 0 Å². The van der Waals surface area contributed by atoms with Crippen LogP contribution in [0.2, 0.25) is 0 Å². The molecular formula is C15H17NO4. The SMILES string of the molecule is CCOC(CCn1ccc2ccccc2c1=O)C(=O)O. The molecule has 5 heteroatoms. The highest BCUT2D eigenvalue weighted by molar-refractivity contribution is 5.81. The minimum Gasteiger partial charge on any atom is -0.479 e. The van der Waals surface area contributed by atoms with Crippen LogP contribution in [-0.4, -0.2) is 28.4 Å². The number of aromatic nitrogens is 1. The van der Waals surface area contributed by atoms with E-state index < -0.39 is 12.1 Å². The van der Waals surface area contributed by atoms with Crippen LogP contribution in [0.3, 0.4) is 0 Å². The summed E-state index contributed by atoms with van der Waals surface area (Å²) in [5.74, 6) is -0.999. The lowest BCUT2D eigenvalue weighted by molar-refractivity contribution is -0.150. The number of carbonyl (C=O) groups is 1. The highest BCUT2D eigenvalue weighted by Gasteiger charge is 2.17. The smallest absolute Gasteiger partial charge is 0.332 e. The van der Waals surface area contributed by atoms with E-state index in [0.717, 1.165) is 5.39 Å². The Labute approximate surface area is 116 Å². The third-order valence-electron chi connectivity index (χ3n) is 3.16. The molecule has 0 spiro atoms. The molecule has 20 heavy (non-hydrogen) atoms. The summed E-state index contributed by atoms with van der Waals surface area (Å²) in [6, 6.07) is 9.19. The first-order valence-corrected chi connectivity index (χ1v) is 6.56. The summed E-state index contributed by atoms with van der Waals surface area (Å²) in [6.45, 7) is 2.41. The molecule has 1 atom stereocenters. The number of rotatable bonds is 6. The highest BCUT2D eigenvalue weighted by atomic mass is 16.5. The van der Waals surface area contributed by atoms with Gasteiger partial charge >= 0.3 is 5.97 Å². The lowest BCUT2D eigenvalue weighted by Gasteiger charge is -2.13. The standard InChI is InChI=1S/C15H17NO4/c1-2-20-13(15(18)19)8-10-16-9-7-11-5-3-4-6-12(11)14(16)17/h3-7,9,13H,2,8,10H2,1H3,(H,18,19). The average Bonchev–Trinajstić information content (AvgIpc) is 2.45. The fraction of sp³-hybridized carbons (Fsp3) is 0.333. The number of benzene rings is 1. The zero-order valence-corrected chi connectivity index (χ0v) is 11.3. The summed E-state index contributed by atoms with van der Waals surface area (Å²) in [4.78, 5) is 23.2. The lowest BCUT2D eigenvalue weighted by atomic mass is 10.1. The van der Waals surface area contributed by atoms with Gasteiger partial charge in [0.15, 0.2) is 6.10 Å². The number of hydrogen-bond acceptors (Lipinski definition) is 3. The average molecular weight is 275 g/mol. The number of carboxylic acids is 1. The monoisotopic (exact) mass is 275 g/mol. The normalized spacial score (nSPS) is 12.4. The quantitative estimate of drug-likeness (QED) is 0.874. The van der Waals surface area contributed by atoms with Gasteiger partial charge in [-0.05, 0) is 24.4 Å². The van der Waals surface area contributed by atoms with Gasteiger partial charge in [0.25, 0.3) is 5.56 Å². The lowest BCUT2D eigenvalue weighted by Crippen LogP contribution is -2.28. The van der Waals surface area contributed by atoms with Crippen molar-refractivity contribution in [1.29, 1.82) is 0 Å². The van der Waals surface area contributed by atoms with Crippen molar-refractivity contribution in [3.8, 4) is 0 Å². The first-order chi connectivity index (χ1) is 9.63. The maximum absolute atomic E-state index is 12.2. The van der Waals surface area contributed by atoms with Gasteiger partial charge in [-0.1, -0.05) is 18.2 Å². The topological polar surface area (TPSA) is 68.5 Å². The van der Waals surface area contributed by atoms with Crippen LogP contribution in [0.4, 0.5) is 0 Å². The third-order valence-corrected chi connectivity index (χ3v) is 3.16. The highest BCUT2D eigenvalue weighted by Crippen LogP contribution is 2.09. The second-order valence-corrected chi connectivity index (χ2v) is 4.47. The summed E-state index contributed by atoms with van der Waals surface area (Å²) in [5, 5.41) is 10.5. The Kier molecular flexibility index (Phi) is 4.53. The van der Waals surface area contributed by atoms with Crippen molar-refractivity contribution in [2.75, 3.05) is 6.61 Å². The van der Waals surface area contributed by atoms with Crippen LogP contribution in [-0.2, 0) is 16.1 Å². The van der Waals surface area contributed by atoms with Crippen LogP contribution in [0.1, 0.15) is 13.3 Å². The molecule has 1 heterocycles. The Balaban J connectivity index is 2.20. The number of hydrogen-bond donors (Lipinski definition) is 1. The van der Waals surface area contributed by atoms with E-state index in [9.17, 15) is 9.59 Å². The molecule has 0 aliphatic rings. The van der Waals surface area contributed by atoms with Crippen molar-refractivity contribution in [2.24, 2.45) is 0 Å². The predicted octanol–water partition coefficient (Wildman–Crippen LogP) is 1.88. The fourth-order valence-electron chi connectivity index (χ4n) is 2.14. The van der Waals surface area contributed by atoms with Crippen molar-refractivity contribution >= 4 is 16.7 Å². The molecule has 0 aliphatic carbocycles. The minimum absolute atomic E-state index is 0.108. The predicted molar refractivity (Wildman–Crippen MR) is 75.9 cm³/mol. The second kappa shape index (κ2) is 6.34. The van der Waals surface area contributed by atoms with Gasteiger partial charge in [0.05, 0.1) is 0 Å². The van der Waals surface area contributed by atoms with Crippen LogP contribution in [0.15, 0.2) is 41.3 Å². The molecule has 1 N–H and O–H groups in total. The van der Waals surface area contributed by atoms with Crippen LogP contribution in [0.25, 0.3) is 10.8 Å². The first kappa shape index (κ1) is 14.3. The van der Waals surface area contributed by atoms with Gasteiger partial charge in [-0.2, -0.15) is 0 Å². The molecule has 0 fully saturated rings. The van der Waals surface area contributed by atoms with Crippen LogP contribution in [0.5, 0.6) is 0 Å². The zero-order valence-electron chi connectivity index (χ0n) is 11.3. The molecule has 2 rings (SSSR count). The van der Waals surface area contributed by atoms with Gasteiger partial charge in [0.2, 0.25) is 0 Å². The Morgan fingerprint density at radius 1 is 1.35 bits per heavy atom. The fourth-order valence-corrected chi connectivity index (χ4v) is 2.14. The molecule has 106 valence electrons. The van der Waals surface area contributed by atoms with E-state index >= 15 is 0 Å². The molecule has 1 aromatic carbocycles. The van der Waals surface area contributed by atoms with Crippen LogP contribution >= 0.6 is 0 Å². The number of aliphatic carboxylic acids is 1. The molecule has 1 unspecified atom stereocenters. The van der Waals surface area contributed by atoms with E-state index in [1.54, 1.807) is 19.2 Å². The Morgan fingerprint density at radius 3 is 2.80 bits per heavy atom. The van der Waals surface area contributed by atoms with Gasteiger partial charge in [-0.3, -0.25) is 4.79 Å². The molecule has 5 nitrogen and oxygen atoms in total. The maximum atomic E-state index is 12.2. The summed E-state index contributed by atoms with van der Waals surface area (Å²) >= 11 is 0. The molecule has 0 bridgehead atoms. The van der Waals surface area contributed by atoms with Crippen LogP contribution < -0.4 is 5.56 Å². The number of nitrogens with zero attached hydrogens (tertiary/aromatic N) is 1. The molecule has 0 amide bonds. The molecule has 2 aromatic rings. The van der Waals surface area contributed by atoms with Gasteiger partial charge in [-0.15, -0.1) is 0 Å².